The molecule has 0 amide bonds. The summed E-state index contributed by atoms with van der Waals surface area (Å²) in [4.78, 5) is 42.9. The van der Waals surface area contributed by atoms with Gasteiger partial charge in [0.05, 0.1) is 12.7 Å². The summed E-state index contributed by atoms with van der Waals surface area (Å²) in [7, 11) is -4.78. The van der Waals surface area contributed by atoms with Crippen molar-refractivity contribution >= 4 is 19.8 Å². The first kappa shape index (κ1) is 55.0. The van der Waals surface area contributed by atoms with Gasteiger partial charge in [-0.25, -0.2) is 4.57 Å². The van der Waals surface area contributed by atoms with Crippen molar-refractivity contribution in [1.82, 2.24) is 0 Å². The first-order chi connectivity index (χ1) is 27.6. The van der Waals surface area contributed by atoms with Crippen molar-refractivity contribution in [2.24, 2.45) is 0 Å². The molecule has 3 N–H and O–H groups in total. The van der Waals surface area contributed by atoms with E-state index < -0.39 is 32.5 Å². The first-order valence-electron chi connectivity index (χ1n) is 23.0. The highest BCUT2D eigenvalue weighted by Gasteiger charge is 2.22. The summed E-state index contributed by atoms with van der Waals surface area (Å²) < 4.78 is 26.4. The van der Waals surface area contributed by atoms with E-state index in [2.05, 4.69) is 47.9 Å². The number of rotatable bonds is 42. The first-order valence-corrected chi connectivity index (χ1v) is 24.5. The molecule has 0 unspecified atom stereocenters. The number of hydrogen-bond acceptors (Lipinski definition) is 7. The number of carbonyl (C=O) groups is 2. The predicted octanol–water partition coefficient (Wildman–Crippen LogP) is 13.3. The molecule has 0 aromatic heterocycles. The molecule has 0 aromatic rings. The Bertz CT molecular complexity index is 1080. The van der Waals surface area contributed by atoms with Gasteiger partial charge < -0.3 is 24.4 Å². The monoisotopic (exact) mass is 825 g/mol. The molecular weight excluding hydrogens is 739 g/mol. The van der Waals surface area contributed by atoms with Gasteiger partial charge in [0.25, 0.3) is 0 Å². The number of esters is 2. The van der Waals surface area contributed by atoms with E-state index in [0.717, 1.165) is 51.4 Å². The molecule has 2 atom stereocenters. The fourth-order valence-electron chi connectivity index (χ4n) is 6.44. The van der Waals surface area contributed by atoms with Crippen LogP contribution in [-0.4, -0.2) is 52.3 Å². The quantitative estimate of drug-likeness (QED) is 0.0237. The lowest BCUT2D eigenvalue weighted by atomic mass is 10.0. The van der Waals surface area contributed by atoms with Crippen LogP contribution in [0.4, 0.5) is 0 Å². The Kier molecular flexibility index (Phi) is 40.6. The molecule has 0 fully saturated rings. The molecule has 0 rings (SSSR count). The second-order valence-electron chi connectivity index (χ2n) is 15.7. The van der Waals surface area contributed by atoms with Crippen LogP contribution in [-0.2, 0) is 28.2 Å². The number of aliphatic hydroxyl groups excluding tert-OH is 1. The van der Waals surface area contributed by atoms with Crippen molar-refractivity contribution in [3.8, 4) is 0 Å². The SMILES string of the molecule is CCCCCCCCCCCCCCCCCCCCCCCC(=O)OC[C@H](COP(=O)(O)O)OC(=O)CCC/C=C\C/C=C\C/C=C\C/C=C\CCC[C@H](C)O. The Morgan fingerprint density at radius 3 is 1.33 bits per heavy atom. The largest absolute Gasteiger partial charge is 0.469 e. The minimum absolute atomic E-state index is 0.125. The number of phosphoric ester groups is 1. The highest BCUT2D eigenvalue weighted by Crippen LogP contribution is 2.36. The molecular formula is C47H85O9P. The van der Waals surface area contributed by atoms with E-state index in [9.17, 15) is 19.3 Å². The van der Waals surface area contributed by atoms with Crippen LogP contribution in [0, 0.1) is 0 Å². The molecule has 0 bridgehead atoms. The Labute approximate surface area is 348 Å². The van der Waals surface area contributed by atoms with E-state index in [1.54, 1.807) is 0 Å². The smallest absolute Gasteiger partial charge is 0.462 e. The molecule has 0 spiro atoms. The van der Waals surface area contributed by atoms with E-state index in [0.29, 0.717) is 19.3 Å². The second kappa shape index (κ2) is 42.1. The molecule has 0 saturated heterocycles. The average Bonchev–Trinajstić information content (AvgIpc) is 3.17. The number of phosphoric acid groups is 1. The Hall–Kier alpha value is -2.03. The van der Waals surface area contributed by atoms with Gasteiger partial charge in [-0.05, 0) is 64.7 Å². The highest BCUT2D eigenvalue weighted by molar-refractivity contribution is 7.46. The fraction of sp³-hybridized carbons (Fsp3) is 0.787. The van der Waals surface area contributed by atoms with Crippen molar-refractivity contribution in [2.75, 3.05) is 13.2 Å². The maximum atomic E-state index is 12.4. The maximum absolute atomic E-state index is 12.4. The molecule has 0 aromatic carbocycles. The summed E-state index contributed by atoms with van der Waals surface area (Å²) in [6, 6.07) is 0. The number of aliphatic hydroxyl groups is 1. The molecule has 332 valence electrons. The zero-order valence-electron chi connectivity index (χ0n) is 36.3. The number of allylic oxidation sites excluding steroid dienone is 8. The van der Waals surface area contributed by atoms with Gasteiger partial charge in [-0.3, -0.25) is 14.1 Å². The standard InChI is InChI=1S/C47H85O9P/c1-3-4-5-6-7-8-9-10-11-12-13-14-15-16-19-22-25-28-31-34-37-40-46(49)54-42-45(43-55-57(51,52)53)56-47(50)41-38-35-32-29-26-23-20-17-18-21-24-27-30-33-36-39-44(2)48/h18,20-21,23,27,29-30,32,44-45,48H,3-17,19,22,24-26,28,31,33-43H2,1-2H3,(H2,51,52,53)/b21-18-,23-20-,30-27-,32-29-/t44-,45+/m0/s1. The molecule has 0 aliphatic rings. The van der Waals surface area contributed by atoms with Gasteiger partial charge in [0.1, 0.15) is 6.61 Å². The summed E-state index contributed by atoms with van der Waals surface area (Å²) in [5.41, 5.74) is 0. The summed E-state index contributed by atoms with van der Waals surface area (Å²) >= 11 is 0. The lowest BCUT2D eigenvalue weighted by molar-refractivity contribution is -0.161. The van der Waals surface area contributed by atoms with E-state index in [4.69, 9.17) is 19.3 Å². The normalized spacial score (nSPS) is 13.4. The van der Waals surface area contributed by atoms with Crippen LogP contribution in [0.25, 0.3) is 0 Å². The molecule has 0 heterocycles. The highest BCUT2D eigenvalue weighted by atomic mass is 31.2. The van der Waals surface area contributed by atoms with Gasteiger partial charge in [-0.1, -0.05) is 184 Å². The van der Waals surface area contributed by atoms with E-state index in [1.165, 1.54) is 116 Å². The number of hydrogen-bond donors (Lipinski definition) is 3. The number of unbranched alkanes of at least 4 members (excludes halogenated alkanes) is 22. The molecule has 0 radical (unpaired) electrons. The predicted molar refractivity (Wildman–Crippen MR) is 236 cm³/mol. The zero-order chi connectivity index (χ0) is 41.9. The fourth-order valence-corrected chi connectivity index (χ4v) is 6.81. The van der Waals surface area contributed by atoms with Crippen molar-refractivity contribution < 1.29 is 43.0 Å². The average molecular weight is 825 g/mol. The zero-order valence-corrected chi connectivity index (χ0v) is 37.2. The molecule has 0 aliphatic carbocycles. The van der Waals surface area contributed by atoms with Crippen LogP contribution >= 0.6 is 7.82 Å². The van der Waals surface area contributed by atoms with Gasteiger partial charge in [-0.2, -0.15) is 0 Å². The Morgan fingerprint density at radius 1 is 0.526 bits per heavy atom. The van der Waals surface area contributed by atoms with Crippen molar-refractivity contribution in [1.29, 1.82) is 0 Å². The van der Waals surface area contributed by atoms with Gasteiger partial charge >= 0.3 is 19.8 Å². The van der Waals surface area contributed by atoms with Gasteiger partial charge in [0, 0.05) is 12.8 Å². The minimum atomic E-state index is -4.78. The van der Waals surface area contributed by atoms with Crippen LogP contribution in [0.15, 0.2) is 48.6 Å². The van der Waals surface area contributed by atoms with Crippen LogP contribution in [0.1, 0.15) is 213 Å². The Balaban J connectivity index is 3.92. The maximum Gasteiger partial charge on any atom is 0.469 e. The van der Waals surface area contributed by atoms with Gasteiger partial charge in [0.2, 0.25) is 0 Å². The molecule has 0 saturated carbocycles. The van der Waals surface area contributed by atoms with Gasteiger partial charge in [0.15, 0.2) is 6.10 Å². The topological polar surface area (TPSA) is 140 Å². The van der Waals surface area contributed by atoms with Crippen molar-refractivity contribution in [3.05, 3.63) is 48.6 Å². The van der Waals surface area contributed by atoms with E-state index >= 15 is 0 Å². The van der Waals surface area contributed by atoms with E-state index in [-0.39, 0.29) is 25.6 Å². The lowest BCUT2D eigenvalue weighted by Gasteiger charge is -2.18. The summed E-state index contributed by atoms with van der Waals surface area (Å²) in [5, 5.41) is 9.26. The minimum Gasteiger partial charge on any atom is -0.462 e. The van der Waals surface area contributed by atoms with Crippen molar-refractivity contribution in [2.45, 2.75) is 225 Å². The number of carbonyl (C=O) groups excluding carboxylic acids is 2. The van der Waals surface area contributed by atoms with Crippen LogP contribution in [0.5, 0.6) is 0 Å². The lowest BCUT2D eigenvalue weighted by Crippen LogP contribution is -2.29. The van der Waals surface area contributed by atoms with Gasteiger partial charge in [-0.15, -0.1) is 0 Å². The third kappa shape index (κ3) is 46.5. The third-order valence-electron chi connectivity index (χ3n) is 9.87. The van der Waals surface area contributed by atoms with Crippen molar-refractivity contribution in [3.63, 3.8) is 0 Å². The molecule has 57 heavy (non-hydrogen) atoms. The molecule has 10 heteroatoms. The summed E-state index contributed by atoms with van der Waals surface area (Å²) in [6.45, 7) is 3.22. The Morgan fingerprint density at radius 2 is 0.912 bits per heavy atom. The van der Waals surface area contributed by atoms with Crippen LogP contribution in [0.2, 0.25) is 0 Å². The number of ether oxygens (including phenoxy) is 2. The summed E-state index contributed by atoms with van der Waals surface area (Å²) in [5.74, 6) is -0.960. The van der Waals surface area contributed by atoms with E-state index in [1.807, 2.05) is 19.1 Å². The molecule has 9 nitrogen and oxygen atoms in total. The second-order valence-corrected chi connectivity index (χ2v) is 16.9. The van der Waals surface area contributed by atoms with Crippen LogP contribution in [0.3, 0.4) is 0 Å². The molecule has 0 aliphatic heterocycles. The van der Waals surface area contributed by atoms with Crippen LogP contribution < -0.4 is 0 Å². The summed E-state index contributed by atoms with van der Waals surface area (Å²) in [6.07, 6.45) is 49.8. The third-order valence-corrected chi connectivity index (χ3v) is 10.4.